The maximum Gasteiger partial charge on any atom is 0.150 e. The zero-order chi connectivity index (χ0) is 13.7. The Morgan fingerprint density at radius 1 is 1.37 bits per heavy atom. The third-order valence-electron chi connectivity index (χ3n) is 2.94. The number of thiazole rings is 1. The number of alkyl halides is 1. The van der Waals surface area contributed by atoms with E-state index in [2.05, 4.69) is 31.0 Å². The van der Waals surface area contributed by atoms with E-state index in [1.807, 2.05) is 17.5 Å². The van der Waals surface area contributed by atoms with Crippen molar-refractivity contribution in [2.45, 2.75) is 38.7 Å². The summed E-state index contributed by atoms with van der Waals surface area (Å²) in [6.45, 7) is 4.25. The van der Waals surface area contributed by atoms with Crippen LogP contribution in [0.4, 0.5) is 0 Å². The van der Waals surface area contributed by atoms with Gasteiger partial charge in [-0.3, -0.25) is 0 Å². The molecule has 19 heavy (non-hydrogen) atoms. The summed E-state index contributed by atoms with van der Waals surface area (Å²) in [7, 11) is 0. The Labute approximate surface area is 123 Å². The van der Waals surface area contributed by atoms with Crippen molar-refractivity contribution in [3.8, 4) is 5.75 Å². The van der Waals surface area contributed by atoms with Gasteiger partial charge in [0.15, 0.2) is 0 Å². The van der Waals surface area contributed by atoms with Crippen LogP contribution in [0, 0.1) is 0 Å². The van der Waals surface area contributed by atoms with Gasteiger partial charge in [-0.2, -0.15) is 0 Å². The summed E-state index contributed by atoms with van der Waals surface area (Å²) >= 11 is 7.41. The Balaban J connectivity index is 2.13. The van der Waals surface area contributed by atoms with Crippen LogP contribution in [0.25, 0.3) is 0 Å². The van der Waals surface area contributed by atoms with Gasteiger partial charge < -0.3 is 4.74 Å². The summed E-state index contributed by atoms with van der Waals surface area (Å²) < 4.78 is 6.05. The SMILES string of the molecule is CCc1cccc(OC(CC)c2nc(CCl)cs2)c1. The summed E-state index contributed by atoms with van der Waals surface area (Å²) in [6, 6.07) is 8.24. The third-order valence-corrected chi connectivity index (χ3v) is 4.20. The third kappa shape index (κ3) is 3.71. The molecule has 0 amide bonds. The van der Waals surface area contributed by atoms with E-state index in [1.54, 1.807) is 11.3 Å². The van der Waals surface area contributed by atoms with Gasteiger partial charge in [0.1, 0.15) is 16.9 Å². The molecule has 1 heterocycles. The van der Waals surface area contributed by atoms with Gasteiger partial charge in [0.2, 0.25) is 0 Å². The second-order valence-electron chi connectivity index (χ2n) is 4.33. The minimum absolute atomic E-state index is 0.00840. The molecular weight excluding hydrogens is 278 g/mol. The lowest BCUT2D eigenvalue weighted by Gasteiger charge is -2.15. The zero-order valence-corrected chi connectivity index (χ0v) is 12.8. The largest absolute Gasteiger partial charge is 0.483 e. The molecule has 0 N–H and O–H groups in total. The molecule has 0 bridgehead atoms. The molecule has 0 radical (unpaired) electrons. The highest BCUT2D eigenvalue weighted by atomic mass is 35.5. The van der Waals surface area contributed by atoms with Crippen LogP contribution in [0.3, 0.4) is 0 Å². The fourth-order valence-electron chi connectivity index (χ4n) is 1.84. The maximum absolute atomic E-state index is 6.05. The molecule has 1 unspecified atom stereocenters. The van der Waals surface area contributed by atoms with E-state index in [-0.39, 0.29) is 6.10 Å². The van der Waals surface area contributed by atoms with Crippen molar-refractivity contribution >= 4 is 22.9 Å². The molecule has 1 aromatic carbocycles. The van der Waals surface area contributed by atoms with Crippen molar-refractivity contribution in [3.05, 3.63) is 45.9 Å². The van der Waals surface area contributed by atoms with E-state index in [0.717, 1.165) is 29.3 Å². The summed E-state index contributed by atoms with van der Waals surface area (Å²) in [5.41, 5.74) is 2.21. The molecule has 102 valence electrons. The van der Waals surface area contributed by atoms with Crippen molar-refractivity contribution in [2.75, 3.05) is 0 Å². The molecule has 0 saturated heterocycles. The van der Waals surface area contributed by atoms with Gasteiger partial charge in [-0.25, -0.2) is 4.98 Å². The van der Waals surface area contributed by atoms with Crippen molar-refractivity contribution in [1.82, 2.24) is 4.98 Å². The van der Waals surface area contributed by atoms with Crippen LogP contribution in [0.15, 0.2) is 29.6 Å². The van der Waals surface area contributed by atoms with Gasteiger partial charge in [-0.15, -0.1) is 22.9 Å². The van der Waals surface area contributed by atoms with E-state index < -0.39 is 0 Å². The maximum atomic E-state index is 6.05. The molecule has 0 spiro atoms. The number of nitrogens with zero attached hydrogens (tertiary/aromatic N) is 1. The van der Waals surface area contributed by atoms with Crippen molar-refractivity contribution in [1.29, 1.82) is 0 Å². The summed E-state index contributed by atoms with van der Waals surface area (Å²) in [6.07, 6.45) is 1.92. The minimum Gasteiger partial charge on any atom is -0.483 e. The van der Waals surface area contributed by atoms with E-state index in [0.29, 0.717) is 5.88 Å². The normalized spacial score (nSPS) is 12.4. The van der Waals surface area contributed by atoms with E-state index in [4.69, 9.17) is 16.3 Å². The summed E-state index contributed by atoms with van der Waals surface area (Å²) in [4.78, 5) is 4.50. The van der Waals surface area contributed by atoms with Crippen LogP contribution in [-0.2, 0) is 12.3 Å². The first-order valence-corrected chi connectivity index (χ1v) is 7.94. The second-order valence-corrected chi connectivity index (χ2v) is 5.48. The van der Waals surface area contributed by atoms with E-state index in [9.17, 15) is 0 Å². The highest BCUT2D eigenvalue weighted by Crippen LogP contribution is 2.28. The Kier molecular flexibility index (Phi) is 5.23. The molecule has 0 aliphatic rings. The van der Waals surface area contributed by atoms with E-state index in [1.165, 1.54) is 5.56 Å². The standard InChI is InChI=1S/C15H18ClNOS/c1-3-11-6-5-7-13(8-11)18-14(4-2)15-17-12(9-16)10-19-15/h5-8,10,14H,3-4,9H2,1-2H3. The van der Waals surface area contributed by atoms with Crippen LogP contribution >= 0.6 is 22.9 Å². The van der Waals surface area contributed by atoms with Crippen LogP contribution in [0.5, 0.6) is 5.75 Å². The van der Waals surface area contributed by atoms with Gasteiger partial charge in [0.25, 0.3) is 0 Å². The number of rotatable bonds is 6. The topological polar surface area (TPSA) is 22.1 Å². The van der Waals surface area contributed by atoms with E-state index >= 15 is 0 Å². The van der Waals surface area contributed by atoms with Crippen LogP contribution in [0.2, 0.25) is 0 Å². The molecule has 0 aliphatic carbocycles. The minimum atomic E-state index is 0.00840. The smallest absolute Gasteiger partial charge is 0.150 e. The van der Waals surface area contributed by atoms with Crippen LogP contribution in [-0.4, -0.2) is 4.98 Å². The fraction of sp³-hybridized carbons (Fsp3) is 0.400. The number of ether oxygens (including phenoxy) is 1. The van der Waals surface area contributed by atoms with Gasteiger partial charge >= 0.3 is 0 Å². The quantitative estimate of drug-likeness (QED) is 0.702. The van der Waals surface area contributed by atoms with Crippen LogP contribution in [0.1, 0.15) is 42.6 Å². The van der Waals surface area contributed by atoms with Crippen molar-refractivity contribution in [3.63, 3.8) is 0 Å². The first-order chi connectivity index (χ1) is 9.26. The average molecular weight is 296 g/mol. The first kappa shape index (κ1) is 14.4. The number of aromatic nitrogens is 1. The molecule has 0 aliphatic heterocycles. The predicted octanol–water partition coefficient (Wildman–Crippen LogP) is 4.97. The molecule has 1 aromatic heterocycles. The highest BCUT2D eigenvalue weighted by molar-refractivity contribution is 7.09. The molecule has 2 aromatic rings. The lowest BCUT2D eigenvalue weighted by molar-refractivity contribution is 0.200. The molecule has 2 nitrogen and oxygen atoms in total. The predicted molar refractivity (Wildman–Crippen MR) is 81.2 cm³/mol. The van der Waals surface area contributed by atoms with Crippen molar-refractivity contribution < 1.29 is 4.74 Å². The molecular formula is C15H18ClNOS. The Hall–Kier alpha value is -1.06. The zero-order valence-electron chi connectivity index (χ0n) is 11.2. The number of aryl methyl sites for hydroxylation is 1. The average Bonchev–Trinajstić information content (AvgIpc) is 2.93. The lowest BCUT2D eigenvalue weighted by Crippen LogP contribution is -2.06. The Bertz CT molecular complexity index is 526. The second kappa shape index (κ2) is 6.92. The summed E-state index contributed by atoms with van der Waals surface area (Å²) in [5, 5.41) is 3.00. The van der Waals surface area contributed by atoms with Gasteiger partial charge in [-0.1, -0.05) is 26.0 Å². The fourth-order valence-corrected chi connectivity index (χ4v) is 3.00. The number of hydrogen-bond acceptors (Lipinski definition) is 3. The molecule has 4 heteroatoms. The van der Waals surface area contributed by atoms with Gasteiger partial charge in [-0.05, 0) is 30.5 Å². The first-order valence-electron chi connectivity index (χ1n) is 6.52. The van der Waals surface area contributed by atoms with Crippen molar-refractivity contribution in [2.24, 2.45) is 0 Å². The number of hydrogen-bond donors (Lipinski definition) is 0. The monoisotopic (exact) mass is 295 g/mol. The molecule has 1 atom stereocenters. The molecule has 0 fully saturated rings. The number of halogens is 1. The highest BCUT2D eigenvalue weighted by Gasteiger charge is 2.15. The molecule has 2 rings (SSSR count). The number of benzene rings is 1. The van der Waals surface area contributed by atoms with Gasteiger partial charge in [0.05, 0.1) is 11.6 Å². The summed E-state index contributed by atoms with van der Waals surface area (Å²) in [5.74, 6) is 1.37. The van der Waals surface area contributed by atoms with Crippen LogP contribution < -0.4 is 4.74 Å². The Morgan fingerprint density at radius 3 is 2.84 bits per heavy atom. The lowest BCUT2D eigenvalue weighted by atomic mass is 10.1. The Morgan fingerprint density at radius 2 is 2.21 bits per heavy atom. The van der Waals surface area contributed by atoms with Gasteiger partial charge in [0, 0.05) is 5.38 Å². The molecule has 0 saturated carbocycles.